The predicted molar refractivity (Wildman–Crippen MR) is 62.0 cm³/mol. The Hall–Kier alpha value is -1.35. The summed E-state index contributed by atoms with van der Waals surface area (Å²) < 4.78 is 4.97. The Kier molecular flexibility index (Phi) is 3.25. The Labute approximate surface area is 95.6 Å². The van der Waals surface area contributed by atoms with Crippen molar-refractivity contribution >= 4 is 5.97 Å². The number of hydrogen-bond donors (Lipinski definition) is 1. The molecule has 2 rings (SSSR count). The maximum atomic E-state index is 10.7. The first kappa shape index (κ1) is 11.1. The van der Waals surface area contributed by atoms with Gasteiger partial charge < -0.3 is 10.5 Å². The third-order valence-corrected chi connectivity index (χ3v) is 3.18. The van der Waals surface area contributed by atoms with Crippen molar-refractivity contribution < 1.29 is 9.53 Å². The smallest absolute Gasteiger partial charge is 0.308 e. The van der Waals surface area contributed by atoms with Crippen LogP contribution in [0.3, 0.4) is 0 Å². The van der Waals surface area contributed by atoms with Crippen molar-refractivity contribution in [3.63, 3.8) is 0 Å². The van der Waals surface area contributed by atoms with Gasteiger partial charge in [0.05, 0.1) is 0 Å². The Balaban J connectivity index is 2.03. The third-order valence-electron chi connectivity index (χ3n) is 3.18. The number of benzene rings is 1. The Morgan fingerprint density at radius 2 is 2.00 bits per heavy atom. The van der Waals surface area contributed by atoms with Gasteiger partial charge in [0, 0.05) is 13.0 Å². The number of ether oxygens (including phenoxy) is 1. The summed E-state index contributed by atoms with van der Waals surface area (Å²) in [5.41, 5.74) is 7.27. The van der Waals surface area contributed by atoms with Crippen molar-refractivity contribution in [3.8, 4) is 5.75 Å². The maximum absolute atomic E-state index is 10.7. The number of carbonyl (C=O) groups excluding carboxylic acids is 1. The van der Waals surface area contributed by atoms with E-state index in [1.54, 1.807) is 12.1 Å². The molecule has 0 heterocycles. The summed E-state index contributed by atoms with van der Waals surface area (Å²) in [6.45, 7) is 1.40. The van der Waals surface area contributed by atoms with Gasteiger partial charge in [-0.1, -0.05) is 18.6 Å². The molecule has 0 radical (unpaired) electrons. The lowest BCUT2D eigenvalue weighted by Crippen LogP contribution is -2.26. The summed E-state index contributed by atoms with van der Waals surface area (Å²) in [6.07, 6.45) is 3.75. The van der Waals surface area contributed by atoms with Gasteiger partial charge in [0.2, 0.25) is 0 Å². The second-order valence-electron chi connectivity index (χ2n) is 4.38. The van der Waals surface area contributed by atoms with Crippen LogP contribution in [0.25, 0.3) is 0 Å². The van der Waals surface area contributed by atoms with Crippen LogP contribution >= 0.6 is 0 Å². The van der Waals surface area contributed by atoms with E-state index in [1.165, 1.54) is 26.2 Å². The molecule has 1 aliphatic carbocycles. The highest BCUT2D eigenvalue weighted by Crippen LogP contribution is 2.36. The normalized spacial score (nSPS) is 17.6. The van der Waals surface area contributed by atoms with Crippen molar-refractivity contribution in [2.24, 2.45) is 11.7 Å². The number of rotatable bonds is 3. The first-order valence-electron chi connectivity index (χ1n) is 5.71. The molecule has 86 valence electrons. The van der Waals surface area contributed by atoms with Crippen LogP contribution in [-0.4, -0.2) is 5.97 Å². The zero-order valence-electron chi connectivity index (χ0n) is 9.48. The van der Waals surface area contributed by atoms with Gasteiger partial charge in [0.1, 0.15) is 5.75 Å². The van der Waals surface area contributed by atoms with E-state index in [-0.39, 0.29) is 12.0 Å². The highest BCUT2D eigenvalue weighted by atomic mass is 16.5. The van der Waals surface area contributed by atoms with Crippen molar-refractivity contribution in [2.45, 2.75) is 32.2 Å². The number of esters is 1. The second-order valence-corrected chi connectivity index (χ2v) is 4.38. The van der Waals surface area contributed by atoms with Crippen LogP contribution in [0.4, 0.5) is 0 Å². The van der Waals surface area contributed by atoms with Gasteiger partial charge in [-0.3, -0.25) is 4.79 Å². The molecule has 0 saturated heterocycles. The largest absolute Gasteiger partial charge is 0.427 e. The van der Waals surface area contributed by atoms with Gasteiger partial charge in [-0.25, -0.2) is 0 Å². The van der Waals surface area contributed by atoms with Crippen molar-refractivity contribution in [3.05, 3.63) is 29.8 Å². The molecule has 1 aromatic carbocycles. The van der Waals surface area contributed by atoms with Gasteiger partial charge in [0.15, 0.2) is 0 Å². The molecule has 0 amide bonds. The van der Waals surface area contributed by atoms with Crippen molar-refractivity contribution in [1.82, 2.24) is 0 Å². The summed E-state index contributed by atoms with van der Waals surface area (Å²) in [6, 6.07) is 7.62. The summed E-state index contributed by atoms with van der Waals surface area (Å²) in [7, 11) is 0. The van der Waals surface area contributed by atoms with Crippen LogP contribution in [-0.2, 0) is 4.79 Å². The third kappa shape index (κ3) is 2.42. The van der Waals surface area contributed by atoms with E-state index >= 15 is 0 Å². The zero-order valence-corrected chi connectivity index (χ0v) is 9.48. The molecule has 0 aliphatic heterocycles. The van der Waals surface area contributed by atoms with E-state index in [2.05, 4.69) is 0 Å². The molecule has 3 nitrogen and oxygen atoms in total. The van der Waals surface area contributed by atoms with Crippen LogP contribution < -0.4 is 10.5 Å². The molecule has 3 heteroatoms. The molecule has 2 N–H and O–H groups in total. The predicted octanol–water partition coefficient (Wildman–Crippen LogP) is 2.41. The minimum atomic E-state index is -0.295. The minimum Gasteiger partial charge on any atom is -0.427 e. The fourth-order valence-corrected chi connectivity index (χ4v) is 2.00. The first-order valence-corrected chi connectivity index (χ1v) is 5.71. The van der Waals surface area contributed by atoms with E-state index in [9.17, 15) is 4.79 Å². The quantitative estimate of drug-likeness (QED) is 0.627. The minimum absolute atomic E-state index is 0.125. The Bertz CT molecular complexity index is 368. The SMILES string of the molecule is CC(=O)Oc1ccc([C@H](N)C2CCC2)cc1. The average Bonchev–Trinajstić information content (AvgIpc) is 2.15. The van der Waals surface area contributed by atoms with E-state index in [0.717, 1.165) is 5.56 Å². The van der Waals surface area contributed by atoms with Crippen molar-refractivity contribution in [1.29, 1.82) is 0 Å². The van der Waals surface area contributed by atoms with Gasteiger partial charge >= 0.3 is 5.97 Å². The molecule has 0 unspecified atom stereocenters. The van der Waals surface area contributed by atoms with E-state index < -0.39 is 0 Å². The molecule has 1 aromatic rings. The summed E-state index contributed by atoms with van der Waals surface area (Å²) in [5, 5.41) is 0. The summed E-state index contributed by atoms with van der Waals surface area (Å²) in [5.74, 6) is 0.910. The molecule has 1 aliphatic rings. The fourth-order valence-electron chi connectivity index (χ4n) is 2.00. The maximum Gasteiger partial charge on any atom is 0.308 e. The van der Waals surface area contributed by atoms with Crippen molar-refractivity contribution in [2.75, 3.05) is 0 Å². The van der Waals surface area contributed by atoms with Gasteiger partial charge in [-0.15, -0.1) is 0 Å². The number of nitrogens with two attached hydrogens (primary N) is 1. The van der Waals surface area contributed by atoms with Crippen LogP contribution in [0.5, 0.6) is 5.75 Å². The molecule has 1 fully saturated rings. The van der Waals surface area contributed by atoms with E-state index in [0.29, 0.717) is 11.7 Å². The molecule has 0 spiro atoms. The highest BCUT2D eigenvalue weighted by molar-refractivity contribution is 5.69. The Morgan fingerprint density at radius 3 is 2.44 bits per heavy atom. The van der Waals surface area contributed by atoms with E-state index in [4.69, 9.17) is 10.5 Å². The average molecular weight is 219 g/mol. The lowest BCUT2D eigenvalue weighted by Gasteiger charge is -2.31. The molecular formula is C13H17NO2. The van der Waals surface area contributed by atoms with Crippen LogP contribution in [0.15, 0.2) is 24.3 Å². The molecule has 1 atom stereocenters. The topological polar surface area (TPSA) is 52.3 Å². The van der Waals surface area contributed by atoms with Crippen LogP contribution in [0.1, 0.15) is 37.8 Å². The lowest BCUT2D eigenvalue weighted by atomic mass is 9.78. The van der Waals surface area contributed by atoms with Crippen LogP contribution in [0, 0.1) is 5.92 Å². The zero-order chi connectivity index (χ0) is 11.5. The standard InChI is InChI=1S/C13H17NO2/c1-9(15)16-12-7-5-11(6-8-12)13(14)10-3-2-4-10/h5-8,10,13H,2-4,14H2,1H3/t13-/m1/s1. The summed E-state index contributed by atoms with van der Waals surface area (Å²) >= 11 is 0. The number of hydrogen-bond acceptors (Lipinski definition) is 3. The second kappa shape index (κ2) is 4.66. The number of carbonyl (C=O) groups is 1. The van der Waals surface area contributed by atoms with E-state index in [1.807, 2.05) is 12.1 Å². The highest BCUT2D eigenvalue weighted by Gasteiger charge is 2.25. The van der Waals surface area contributed by atoms with Gasteiger partial charge in [-0.2, -0.15) is 0 Å². The molecule has 0 bridgehead atoms. The molecule has 1 saturated carbocycles. The van der Waals surface area contributed by atoms with Gasteiger partial charge in [-0.05, 0) is 36.5 Å². The van der Waals surface area contributed by atoms with Crippen LogP contribution in [0.2, 0.25) is 0 Å². The Morgan fingerprint density at radius 1 is 1.38 bits per heavy atom. The first-order chi connectivity index (χ1) is 7.66. The molecular weight excluding hydrogens is 202 g/mol. The summed E-state index contributed by atoms with van der Waals surface area (Å²) in [4.78, 5) is 10.7. The molecule has 16 heavy (non-hydrogen) atoms. The fraction of sp³-hybridized carbons (Fsp3) is 0.462. The monoisotopic (exact) mass is 219 g/mol. The molecule has 0 aromatic heterocycles. The van der Waals surface area contributed by atoms with Gasteiger partial charge in [0.25, 0.3) is 0 Å². The lowest BCUT2D eigenvalue weighted by molar-refractivity contribution is -0.131.